The zero-order valence-electron chi connectivity index (χ0n) is 8.96. The van der Waals surface area contributed by atoms with Crippen LogP contribution in [-0.2, 0) is 4.79 Å². The molecule has 0 spiro atoms. The number of rotatable bonds is 6. The molecule has 0 fully saturated rings. The number of carbonyl (C=O) groups excluding carboxylic acids is 1. The number of amides is 1. The highest BCUT2D eigenvalue weighted by atomic mass is 32.2. The van der Waals surface area contributed by atoms with Gasteiger partial charge in [-0.2, -0.15) is 11.8 Å². The molecule has 1 amide bonds. The highest BCUT2D eigenvalue weighted by Crippen LogP contribution is 2.01. The van der Waals surface area contributed by atoms with Crippen LogP contribution in [-0.4, -0.2) is 50.0 Å². The van der Waals surface area contributed by atoms with E-state index in [-0.39, 0.29) is 11.8 Å². The van der Waals surface area contributed by atoms with Crippen molar-refractivity contribution in [1.82, 2.24) is 10.2 Å². The molecule has 0 aliphatic rings. The molecule has 0 rings (SSSR count). The van der Waals surface area contributed by atoms with Gasteiger partial charge in [0.05, 0.1) is 0 Å². The van der Waals surface area contributed by atoms with Gasteiger partial charge in [-0.1, -0.05) is 6.92 Å². The fraction of sp³-hybridized carbons (Fsp3) is 0.889. The van der Waals surface area contributed by atoms with Crippen molar-refractivity contribution in [2.75, 3.05) is 39.2 Å². The fourth-order valence-electron chi connectivity index (χ4n) is 1.11. The summed E-state index contributed by atoms with van der Waals surface area (Å²) >= 11 is 1.76. The first-order chi connectivity index (χ1) is 6.13. The summed E-state index contributed by atoms with van der Waals surface area (Å²) in [6, 6.07) is 0. The van der Waals surface area contributed by atoms with Crippen molar-refractivity contribution in [1.29, 1.82) is 0 Å². The molecule has 4 heteroatoms. The second-order valence-corrected chi connectivity index (χ2v) is 4.20. The molecule has 0 saturated carbocycles. The smallest absolute Gasteiger partial charge is 0.226 e. The highest BCUT2D eigenvalue weighted by Gasteiger charge is 2.15. The van der Waals surface area contributed by atoms with Crippen molar-refractivity contribution < 1.29 is 4.79 Å². The Kier molecular flexibility index (Phi) is 7.09. The summed E-state index contributed by atoms with van der Waals surface area (Å²) < 4.78 is 0. The molecular formula is C9H20N2OS. The van der Waals surface area contributed by atoms with E-state index in [0.717, 1.165) is 18.8 Å². The fourth-order valence-corrected chi connectivity index (χ4v) is 1.56. The molecule has 1 atom stereocenters. The van der Waals surface area contributed by atoms with Crippen LogP contribution in [0.4, 0.5) is 0 Å². The van der Waals surface area contributed by atoms with Crippen LogP contribution in [0.5, 0.6) is 0 Å². The Hall–Kier alpha value is -0.220. The normalized spacial score (nSPS) is 12.6. The molecule has 13 heavy (non-hydrogen) atoms. The second-order valence-electron chi connectivity index (χ2n) is 3.21. The van der Waals surface area contributed by atoms with E-state index in [1.165, 1.54) is 0 Å². The molecule has 3 nitrogen and oxygen atoms in total. The molecular weight excluding hydrogens is 184 g/mol. The van der Waals surface area contributed by atoms with Gasteiger partial charge in [0, 0.05) is 31.8 Å². The van der Waals surface area contributed by atoms with E-state index in [0.29, 0.717) is 0 Å². The first-order valence-corrected chi connectivity index (χ1v) is 5.91. The van der Waals surface area contributed by atoms with Gasteiger partial charge in [0.15, 0.2) is 0 Å². The van der Waals surface area contributed by atoms with Gasteiger partial charge in [-0.15, -0.1) is 0 Å². The van der Waals surface area contributed by atoms with Crippen LogP contribution < -0.4 is 5.32 Å². The van der Waals surface area contributed by atoms with Gasteiger partial charge in [-0.05, 0) is 13.3 Å². The number of hydrogen-bond donors (Lipinski definition) is 1. The number of carbonyl (C=O) groups is 1. The topological polar surface area (TPSA) is 32.3 Å². The molecule has 0 aromatic carbocycles. The molecule has 0 heterocycles. The zero-order chi connectivity index (χ0) is 10.3. The van der Waals surface area contributed by atoms with Crippen molar-refractivity contribution >= 4 is 17.7 Å². The lowest BCUT2D eigenvalue weighted by Crippen LogP contribution is -2.37. The average Bonchev–Trinajstić information content (AvgIpc) is 2.13. The minimum absolute atomic E-state index is 0.0804. The minimum atomic E-state index is 0.0804. The minimum Gasteiger partial charge on any atom is -0.345 e. The van der Waals surface area contributed by atoms with Gasteiger partial charge in [0.25, 0.3) is 0 Å². The van der Waals surface area contributed by atoms with Gasteiger partial charge < -0.3 is 10.2 Å². The van der Waals surface area contributed by atoms with Gasteiger partial charge in [0.1, 0.15) is 0 Å². The molecule has 78 valence electrons. The van der Waals surface area contributed by atoms with Crippen molar-refractivity contribution in [3.63, 3.8) is 0 Å². The Labute approximate surface area is 85.3 Å². The number of nitrogens with zero attached hydrogens (tertiary/aromatic N) is 1. The summed E-state index contributed by atoms with van der Waals surface area (Å²) in [6.07, 6.45) is 2.05. The summed E-state index contributed by atoms with van der Waals surface area (Å²) in [5.41, 5.74) is 0. The number of hydrogen-bond acceptors (Lipinski definition) is 3. The van der Waals surface area contributed by atoms with Crippen LogP contribution in [0.2, 0.25) is 0 Å². The van der Waals surface area contributed by atoms with Crippen LogP contribution in [0.25, 0.3) is 0 Å². The molecule has 0 aliphatic heterocycles. The molecule has 0 aliphatic carbocycles. The first kappa shape index (κ1) is 12.8. The lowest BCUT2D eigenvalue weighted by molar-refractivity contribution is -0.133. The van der Waals surface area contributed by atoms with Crippen LogP contribution in [0.1, 0.15) is 6.92 Å². The first-order valence-electron chi connectivity index (χ1n) is 4.52. The Bertz CT molecular complexity index is 153. The Morgan fingerprint density at radius 1 is 1.62 bits per heavy atom. The van der Waals surface area contributed by atoms with Gasteiger partial charge in [-0.3, -0.25) is 4.79 Å². The summed E-state index contributed by atoms with van der Waals surface area (Å²) in [4.78, 5) is 13.4. The maximum atomic E-state index is 11.6. The molecule has 0 bridgehead atoms. The third-order valence-electron chi connectivity index (χ3n) is 1.94. The third kappa shape index (κ3) is 5.16. The average molecular weight is 204 g/mol. The lowest BCUT2D eigenvalue weighted by Gasteiger charge is -2.20. The van der Waals surface area contributed by atoms with Gasteiger partial charge in [-0.25, -0.2) is 0 Å². The Balaban J connectivity index is 3.79. The Morgan fingerprint density at radius 2 is 2.23 bits per heavy atom. The standard InChI is InChI=1S/C9H20N2OS/c1-8(7-10-2)9(12)11(3)5-6-13-4/h8,10H,5-7H2,1-4H3. The maximum absolute atomic E-state index is 11.6. The van der Waals surface area contributed by atoms with Crippen LogP contribution in [0.15, 0.2) is 0 Å². The van der Waals surface area contributed by atoms with Gasteiger partial charge in [0.2, 0.25) is 5.91 Å². The zero-order valence-corrected chi connectivity index (χ0v) is 9.78. The maximum Gasteiger partial charge on any atom is 0.226 e. The molecule has 0 aromatic rings. The monoisotopic (exact) mass is 204 g/mol. The van der Waals surface area contributed by atoms with Crippen molar-refractivity contribution in [2.24, 2.45) is 5.92 Å². The lowest BCUT2D eigenvalue weighted by atomic mass is 10.1. The van der Waals surface area contributed by atoms with Crippen LogP contribution in [0, 0.1) is 5.92 Å². The summed E-state index contributed by atoms with van der Waals surface area (Å²) in [5.74, 6) is 1.31. The van der Waals surface area contributed by atoms with Crippen LogP contribution in [0.3, 0.4) is 0 Å². The molecule has 1 N–H and O–H groups in total. The highest BCUT2D eigenvalue weighted by molar-refractivity contribution is 7.98. The second kappa shape index (κ2) is 7.21. The molecule has 1 unspecified atom stereocenters. The number of nitrogens with one attached hydrogen (secondary N) is 1. The van der Waals surface area contributed by atoms with Gasteiger partial charge >= 0.3 is 0 Å². The predicted octanol–water partition coefficient (Wildman–Crippen LogP) is 0.663. The summed E-state index contributed by atoms with van der Waals surface area (Å²) in [7, 11) is 3.73. The molecule has 0 radical (unpaired) electrons. The van der Waals surface area contributed by atoms with E-state index in [1.807, 2.05) is 21.0 Å². The third-order valence-corrected chi connectivity index (χ3v) is 2.53. The van der Waals surface area contributed by atoms with E-state index in [2.05, 4.69) is 11.6 Å². The Morgan fingerprint density at radius 3 is 2.69 bits per heavy atom. The van der Waals surface area contributed by atoms with E-state index < -0.39 is 0 Å². The molecule has 0 aromatic heterocycles. The van der Waals surface area contributed by atoms with Crippen molar-refractivity contribution in [2.45, 2.75) is 6.92 Å². The van der Waals surface area contributed by atoms with Crippen LogP contribution >= 0.6 is 11.8 Å². The largest absolute Gasteiger partial charge is 0.345 e. The number of thioether (sulfide) groups is 1. The van der Waals surface area contributed by atoms with Crippen molar-refractivity contribution in [3.05, 3.63) is 0 Å². The quantitative estimate of drug-likeness (QED) is 0.690. The van der Waals surface area contributed by atoms with E-state index in [9.17, 15) is 4.79 Å². The summed E-state index contributed by atoms with van der Waals surface area (Å²) in [5, 5.41) is 3.01. The van der Waals surface area contributed by atoms with E-state index >= 15 is 0 Å². The predicted molar refractivity (Wildman–Crippen MR) is 59.1 cm³/mol. The SMILES string of the molecule is CNCC(C)C(=O)N(C)CCSC. The van der Waals surface area contributed by atoms with E-state index in [1.54, 1.807) is 16.7 Å². The van der Waals surface area contributed by atoms with Crippen molar-refractivity contribution in [3.8, 4) is 0 Å². The van der Waals surface area contributed by atoms with E-state index in [4.69, 9.17) is 0 Å². The molecule has 0 saturated heterocycles. The summed E-state index contributed by atoms with van der Waals surface area (Å²) in [6.45, 7) is 3.55.